The molecule has 1 aliphatic rings. The summed E-state index contributed by atoms with van der Waals surface area (Å²) < 4.78 is 7.73. The fourth-order valence-corrected chi connectivity index (χ4v) is 6.00. The van der Waals surface area contributed by atoms with E-state index in [0.717, 1.165) is 58.4 Å². The van der Waals surface area contributed by atoms with Crippen LogP contribution in [0.4, 0.5) is 0 Å². The van der Waals surface area contributed by atoms with Crippen molar-refractivity contribution in [1.82, 2.24) is 14.5 Å². The highest BCUT2D eigenvalue weighted by molar-refractivity contribution is 6.33. The van der Waals surface area contributed by atoms with Gasteiger partial charge in [0.2, 0.25) is 0 Å². The zero-order chi connectivity index (χ0) is 27.5. The smallest absolute Gasteiger partial charge is 0.260 e. The first-order chi connectivity index (χ1) is 18.8. The molecule has 2 heterocycles. The first-order valence-corrected chi connectivity index (χ1v) is 14.4. The molecular formula is C32H35Cl2N3O2. The third-order valence-electron chi connectivity index (χ3n) is 7.81. The van der Waals surface area contributed by atoms with Crippen molar-refractivity contribution in [3.63, 3.8) is 0 Å². The van der Waals surface area contributed by atoms with Crippen LogP contribution < -0.4 is 0 Å². The number of benzene rings is 2. The molecule has 4 aromatic rings. The Balaban J connectivity index is 1.47. The summed E-state index contributed by atoms with van der Waals surface area (Å²) in [6, 6.07) is 16.0. The number of carbonyl (C=O) groups is 1. The Morgan fingerprint density at radius 2 is 1.85 bits per heavy atom. The summed E-state index contributed by atoms with van der Waals surface area (Å²) >= 11 is 12.8. The van der Waals surface area contributed by atoms with Gasteiger partial charge in [0.15, 0.2) is 6.61 Å². The Morgan fingerprint density at radius 1 is 1.08 bits per heavy atom. The lowest BCUT2D eigenvalue weighted by Crippen LogP contribution is -2.38. The molecular weight excluding hydrogens is 529 g/mol. The molecule has 1 aliphatic carbocycles. The quantitative estimate of drug-likeness (QED) is 0.192. The summed E-state index contributed by atoms with van der Waals surface area (Å²) in [5, 5.41) is 3.58. The van der Waals surface area contributed by atoms with Crippen molar-refractivity contribution in [1.29, 1.82) is 0 Å². The monoisotopic (exact) mass is 563 g/mol. The summed E-state index contributed by atoms with van der Waals surface area (Å²) in [6.07, 6.45) is 6.65. The highest BCUT2D eigenvalue weighted by Crippen LogP contribution is 2.33. The molecule has 0 atom stereocenters. The molecule has 2 aromatic heterocycles. The maximum absolute atomic E-state index is 13.2. The first-order valence-electron chi connectivity index (χ1n) is 13.6. The zero-order valence-corrected chi connectivity index (χ0v) is 24.1. The van der Waals surface area contributed by atoms with Crippen LogP contribution in [0.1, 0.15) is 50.8 Å². The van der Waals surface area contributed by atoms with E-state index in [0.29, 0.717) is 34.8 Å². The van der Waals surface area contributed by atoms with E-state index in [1.807, 2.05) is 35.4 Å². The first kappa shape index (κ1) is 27.5. The molecule has 39 heavy (non-hydrogen) atoms. The third-order valence-corrected chi connectivity index (χ3v) is 8.42. The average molecular weight is 565 g/mol. The van der Waals surface area contributed by atoms with Crippen LogP contribution in [-0.2, 0) is 22.6 Å². The van der Waals surface area contributed by atoms with Crippen LogP contribution in [0.5, 0.6) is 0 Å². The average Bonchev–Trinajstić information content (AvgIpc) is 3.23. The molecule has 0 unspecified atom stereocenters. The van der Waals surface area contributed by atoms with Gasteiger partial charge < -0.3 is 14.2 Å². The number of halogens is 2. The molecule has 1 saturated carbocycles. The molecule has 0 spiro atoms. The normalized spacial score (nSPS) is 17.4. The number of allylic oxidation sites excluding steroid dienone is 1. The van der Waals surface area contributed by atoms with E-state index in [-0.39, 0.29) is 12.5 Å². The van der Waals surface area contributed by atoms with E-state index < -0.39 is 0 Å². The van der Waals surface area contributed by atoms with Crippen molar-refractivity contribution in [2.75, 3.05) is 13.2 Å². The van der Waals surface area contributed by atoms with Gasteiger partial charge in [-0.3, -0.25) is 9.78 Å². The van der Waals surface area contributed by atoms with E-state index in [2.05, 4.69) is 36.3 Å². The fourth-order valence-electron chi connectivity index (χ4n) is 5.63. The molecule has 7 heteroatoms. The largest absolute Gasteiger partial charge is 0.489 e. The maximum atomic E-state index is 13.2. The van der Waals surface area contributed by atoms with Crippen LogP contribution in [-0.4, -0.2) is 33.5 Å². The predicted molar refractivity (Wildman–Crippen MR) is 160 cm³/mol. The number of carbonyl (C=O) groups excluding carboxylic acids is 1. The van der Waals surface area contributed by atoms with Gasteiger partial charge >= 0.3 is 0 Å². The van der Waals surface area contributed by atoms with Crippen LogP contribution in [0.15, 0.2) is 67.1 Å². The number of pyridine rings is 1. The molecule has 204 valence electrons. The molecule has 5 nitrogen and oxygen atoms in total. The number of rotatable bonds is 9. The van der Waals surface area contributed by atoms with E-state index in [9.17, 15) is 4.79 Å². The number of amides is 1. The van der Waals surface area contributed by atoms with Crippen molar-refractivity contribution >= 4 is 50.9 Å². The van der Waals surface area contributed by atoms with Gasteiger partial charge in [0.1, 0.15) is 0 Å². The highest BCUT2D eigenvalue weighted by Gasteiger charge is 2.24. The van der Waals surface area contributed by atoms with Crippen LogP contribution >= 0.6 is 23.2 Å². The Bertz CT molecular complexity index is 1500. The minimum atomic E-state index is -0.0310. The van der Waals surface area contributed by atoms with E-state index in [1.165, 1.54) is 12.8 Å². The Hall–Kier alpha value is -3.02. The van der Waals surface area contributed by atoms with Crippen LogP contribution in [0, 0.1) is 11.8 Å². The molecule has 1 amide bonds. The molecule has 0 radical (unpaired) electrons. The second-order valence-corrected chi connectivity index (χ2v) is 11.8. The zero-order valence-electron chi connectivity index (χ0n) is 22.6. The molecule has 0 aliphatic heterocycles. The molecule has 0 saturated heterocycles. The Labute approximate surface area is 240 Å². The van der Waals surface area contributed by atoms with Gasteiger partial charge in [-0.2, -0.15) is 0 Å². The molecule has 0 N–H and O–H groups in total. The van der Waals surface area contributed by atoms with Gasteiger partial charge in [0.25, 0.3) is 5.91 Å². The maximum Gasteiger partial charge on any atom is 0.260 e. The lowest BCUT2D eigenvalue weighted by molar-refractivity contribution is -0.136. The van der Waals surface area contributed by atoms with Gasteiger partial charge in [-0.15, -0.1) is 0 Å². The van der Waals surface area contributed by atoms with Gasteiger partial charge in [0, 0.05) is 39.4 Å². The second-order valence-electron chi connectivity index (χ2n) is 10.9. The summed E-state index contributed by atoms with van der Waals surface area (Å²) in [4.78, 5) is 20.0. The number of ether oxygens (including phenoxy) is 1. The summed E-state index contributed by atoms with van der Waals surface area (Å²) in [6.45, 7) is 9.60. The number of para-hydroxylation sites is 1. The fraction of sp³-hybridized carbons (Fsp3) is 0.375. The van der Waals surface area contributed by atoms with Crippen molar-refractivity contribution < 1.29 is 9.53 Å². The van der Waals surface area contributed by atoms with Crippen LogP contribution in [0.25, 0.3) is 21.8 Å². The van der Waals surface area contributed by atoms with Gasteiger partial charge in [-0.1, -0.05) is 67.7 Å². The highest BCUT2D eigenvalue weighted by atomic mass is 35.5. The van der Waals surface area contributed by atoms with Crippen molar-refractivity contribution in [3.05, 3.63) is 88.4 Å². The molecule has 0 bridgehead atoms. The Kier molecular flexibility index (Phi) is 8.49. The number of nitrogens with zero attached hydrogens (tertiary/aromatic N) is 3. The molecule has 1 fully saturated rings. The van der Waals surface area contributed by atoms with Crippen LogP contribution in [0.3, 0.4) is 0 Å². The number of aromatic nitrogens is 2. The number of fused-ring (bicyclic) bond motifs is 3. The number of hydrogen-bond donors (Lipinski definition) is 0. The molecule has 2 aromatic carbocycles. The third kappa shape index (κ3) is 6.42. The topological polar surface area (TPSA) is 47.4 Å². The standard InChI is InChI=1S/C32H35Cl2N3O2/c1-21(2)39-20-32(38)36(17-23-10-8-22(3)9-11-23)19-26-15-28-27-6-4-5-7-30(27)37(31(28)16-35-26)18-24-14-25(33)12-13-29(24)34/h4-7,12-16,22-23H,1,8-11,17-20H2,2-3H3. The second kappa shape index (κ2) is 12.0. The molecule has 5 rings (SSSR count). The minimum absolute atomic E-state index is 0.000399. The lowest BCUT2D eigenvalue weighted by Gasteiger charge is -2.31. The van der Waals surface area contributed by atoms with Crippen molar-refractivity contribution in [2.24, 2.45) is 11.8 Å². The minimum Gasteiger partial charge on any atom is -0.489 e. The van der Waals surface area contributed by atoms with Crippen LogP contribution in [0.2, 0.25) is 10.0 Å². The number of hydrogen-bond acceptors (Lipinski definition) is 3. The lowest BCUT2D eigenvalue weighted by atomic mass is 9.83. The van der Waals surface area contributed by atoms with Gasteiger partial charge in [-0.05, 0) is 67.5 Å². The Morgan fingerprint density at radius 3 is 2.62 bits per heavy atom. The SMILES string of the molecule is C=C(C)OCC(=O)N(Cc1cc2c3ccccc3n(Cc3cc(Cl)ccc3Cl)c2cn1)CC1CCC(C)CC1. The van der Waals surface area contributed by atoms with E-state index in [1.54, 1.807) is 13.0 Å². The van der Waals surface area contributed by atoms with Crippen molar-refractivity contribution in [3.8, 4) is 0 Å². The predicted octanol–water partition coefficient (Wildman–Crippen LogP) is 8.25. The summed E-state index contributed by atoms with van der Waals surface area (Å²) in [5.74, 6) is 1.78. The van der Waals surface area contributed by atoms with E-state index in [4.69, 9.17) is 32.9 Å². The summed E-state index contributed by atoms with van der Waals surface area (Å²) in [7, 11) is 0. The summed E-state index contributed by atoms with van der Waals surface area (Å²) in [5.41, 5.74) is 3.92. The van der Waals surface area contributed by atoms with Gasteiger partial charge in [0.05, 0.1) is 29.7 Å². The van der Waals surface area contributed by atoms with Crippen molar-refractivity contribution in [2.45, 2.75) is 52.6 Å². The van der Waals surface area contributed by atoms with Gasteiger partial charge in [-0.25, -0.2) is 0 Å². The van der Waals surface area contributed by atoms with E-state index >= 15 is 0 Å².